The molecule has 0 aliphatic rings. The third-order valence-electron chi connectivity index (χ3n) is 1.36. The molecule has 0 aliphatic carbocycles. The maximum Gasteiger partial charge on any atom is 0.0379 e. The molecule has 2 heteroatoms. The largest absolute Gasteiger partial charge is 0.362 e. The van der Waals surface area contributed by atoms with Crippen LogP contribution in [0.3, 0.4) is 0 Å². The lowest BCUT2D eigenvalue weighted by Gasteiger charge is -1.97. The first-order valence-electron chi connectivity index (χ1n) is 3.82. The first-order chi connectivity index (χ1) is 5.79. The van der Waals surface area contributed by atoms with E-state index < -0.39 is 0 Å². The maximum absolute atomic E-state index is 7.13. The molecule has 0 amide bonds. The van der Waals surface area contributed by atoms with Crippen molar-refractivity contribution < 1.29 is 0 Å². The quantitative estimate of drug-likeness (QED) is 0.655. The van der Waals surface area contributed by atoms with Crippen molar-refractivity contribution in [2.75, 3.05) is 5.32 Å². The monoisotopic (exact) mass is 160 g/mol. The Hall–Kier alpha value is -1.57. The average molecular weight is 160 g/mol. The highest BCUT2D eigenvalue weighted by molar-refractivity contribution is 5.90. The third kappa shape index (κ3) is 3.01. The molecule has 62 valence electrons. The summed E-state index contributed by atoms with van der Waals surface area (Å²) in [6, 6.07) is 9.85. The van der Waals surface area contributed by atoms with E-state index in [0.29, 0.717) is 5.71 Å². The van der Waals surface area contributed by atoms with E-state index in [9.17, 15) is 0 Å². The SMILES string of the molecule is CC(=N)/C=C\Nc1ccccc1. The van der Waals surface area contributed by atoms with Gasteiger partial charge in [0.2, 0.25) is 0 Å². The molecule has 0 aromatic heterocycles. The Morgan fingerprint density at radius 1 is 1.33 bits per heavy atom. The molecule has 0 spiro atoms. The number of benzene rings is 1. The normalized spacial score (nSPS) is 10.1. The fourth-order valence-electron chi connectivity index (χ4n) is 0.797. The highest BCUT2D eigenvalue weighted by Crippen LogP contribution is 2.03. The van der Waals surface area contributed by atoms with Crippen LogP contribution in [0.15, 0.2) is 42.6 Å². The Morgan fingerprint density at radius 3 is 2.58 bits per heavy atom. The van der Waals surface area contributed by atoms with Gasteiger partial charge in [-0.3, -0.25) is 0 Å². The van der Waals surface area contributed by atoms with E-state index in [-0.39, 0.29) is 0 Å². The molecule has 0 aliphatic heterocycles. The lowest BCUT2D eigenvalue weighted by Crippen LogP contribution is -1.88. The number of hydrogen-bond donors (Lipinski definition) is 2. The van der Waals surface area contributed by atoms with E-state index in [2.05, 4.69) is 5.32 Å². The summed E-state index contributed by atoms with van der Waals surface area (Å²) in [4.78, 5) is 0. The highest BCUT2D eigenvalue weighted by atomic mass is 14.8. The fraction of sp³-hybridized carbons (Fsp3) is 0.100. The van der Waals surface area contributed by atoms with E-state index in [4.69, 9.17) is 5.41 Å². The Balaban J connectivity index is 2.49. The average Bonchev–Trinajstić information content (AvgIpc) is 2.05. The Kier molecular flexibility index (Phi) is 3.08. The van der Waals surface area contributed by atoms with Crippen molar-refractivity contribution in [2.45, 2.75) is 6.92 Å². The van der Waals surface area contributed by atoms with Gasteiger partial charge in [0.05, 0.1) is 0 Å². The minimum atomic E-state index is 0.540. The summed E-state index contributed by atoms with van der Waals surface area (Å²) in [5.41, 5.74) is 1.58. The van der Waals surface area contributed by atoms with Crippen molar-refractivity contribution in [3.05, 3.63) is 42.6 Å². The Labute approximate surface area is 72.4 Å². The Morgan fingerprint density at radius 2 is 2.00 bits per heavy atom. The first kappa shape index (κ1) is 8.53. The van der Waals surface area contributed by atoms with Gasteiger partial charge >= 0.3 is 0 Å². The molecule has 0 saturated carbocycles. The van der Waals surface area contributed by atoms with Crippen molar-refractivity contribution in [1.29, 1.82) is 5.41 Å². The summed E-state index contributed by atoms with van der Waals surface area (Å²) in [7, 11) is 0. The first-order valence-corrected chi connectivity index (χ1v) is 3.82. The lowest BCUT2D eigenvalue weighted by atomic mass is 10.3. The van der Waals surface area contributed by atoms with Crippen molar-refractivity contribution in [2.24, 2.45) is 0 Å². The molecule has 0 radical (unpaired) electrons. The number of hydrogen-bond acceptors (Lipinski definition) is 2. The highest BCUT2D eigenvalue weighted by Gasteiger charge is 1.82. The van der Waals surface area contributed by atoms with Crippen LogP contribution < -0.4 is 5.32 Å². The van der Waals surface area contributed by atoms with Gasteiger partial charge in [-0.15, -0.1) is 0 Å². The van der Waals surface area contributed by atoms with Gasteiger partial charge in [0.15, 0.2) is 0 Å². The topological polar surface area (TPSA) is 35.9 Å². The maximum atomic E-state index is 7.13. The predicted molar refractivity (Wildman–Crippen MR) is 52.6 cm³/mol. The van der Waals surface area contributed by atoms with Crippen molar-refractivity contribution in [1.82, 2.24) is 0 Å². The molecule has 0 saturated heterocycles. The summed E-state index contributed by atoms with van der Waals surface area (Å²) in [5, 5.41) is 10.2. The molecule has 0 fully saturated rings. The lowest BCUT2D eigenvalue weighted by molar-refractivity contribution is 1.49. The number of rotatable bonds is 3. The van der Waals surface area contributed by atoms with E-state index in [1.807, 2.05) is 30.3 Å². The van der Waals surface area contributed by atoms with Crippen LogP contribution in [-0.2, 0) is 0 Å². The molecule has 12 heavy (non-hydrogen) atoms. The zero-order chi connectivity index (χ0) is 8.81. The van der Waals surface area contributed by atoms with Crippen LogP contribution in [0.4, 0.5) is 5.69 Å². The molecule has 1 aromatic rings. The summed E-state index contributed by atoms with van der Waals surface area (Å²) < 4.78 is 0. The van der Waals surface area contributed by atoms with E-state index in [1.54, 1.807) is 19.2 Å². The summed E-state index contributed by atoms with van der Waals surface area (Å²) in [6.07, 6.45) is 3.48. The molecule has 2 nitrogen and oxygen atoms in total. The molecule has 0 heterocycles. The van der Waals surface area contributed by atoms with Gasteiger partial charge < -0.3 is 10.7 Å². The fourth-order valence-corrected chi connectivity index (χ4v) is 0.797. The van der Waals surface area contributed by atoms with Gasteiger partial charge in [-0.2, -0.15) is 0 Å². The van der Waals surface area contributed by atoms with Crippen molar-refractivity contribution in [3.8, 4) is 0 Å². The van der Waals surface area contributed by atoms with Crippen LogP contribution in [0.25, 0.3) is 0 Å². The van der Waals surface area contributed by atoms with Crippen LogP contribution in [-0.4, -0.2) is 5.71 Å². The minimum Gasteiger partial charge on any atom is -0.362 e. The second-order valence-electron chi connectivity index (χ2n) is 2.53. The summed E-state index contributed by atoms with van der Waals surface area (Å²) in [5.74, 6) is 0. The standard InChI is InChI=1S/C10H12N2/c1-9(11)7-8-12-10-5-3-2-4-6-10/h2-8,11-12H,1H3/b8-7-,11-9?. The molecule has 1 aromatic carbocycles. The van der Waals surface area contributed by atoms with Crippen LogP contribution in [0.1, 0.15) is 6.92 Å². The summed E-state index contributed by atoms with van der Waals surface area (Å²) >= 11 is 0. The second-order valence-corrected chi connectivity index (χ2v) is 2.53. The van der Waals surface area contributed by atoms with Crippen LogP contribution in [0.2, 0.25) is 0 Å². The molecule has 0 unspecified atom stereocenters. The number of allylic oxidation sites excluding steroid dienone is 1. The zero-order valence-electron chi connectivity index (χ0n) is 7.04. The van der Waals surface area contributed by atoms with Crippen molar-refractivity contribution in [3.63, 3.8) is 0 Å². The van der Waals surface area contributed by atoms with E-state index >= 15 is 0 Å². The van der Waals surface area contributed by atoms with Crippen LogP contribution >= 0.6 is 0 Å². The van der Waals surface area contributed by atoms with Gasteiger partial charge in [-0.1, -0.05) is 18.2 Å². The predicted octanol–water partition coefficient (Wildman–Crippen LogP) is 2.65. The van der Waals surface area contributed by atoms with E-state index in [0.717, 1.165) is 5.69 Å². The number of para-hydroxylation sites is 1. The van der Waals surface area contributed by atoms with Gasteiger partial charge in [0, 0.05) is 17.6 Å². The van der Waals surface area contributed by atoms with Crippen LogP contribution in [0, 0.1) is 5.41 Å². The zero-order valence-corrected chi connectivity index (χ0v) is 7.04. The summed E-state index contributed by atoms with van der Waals surface area (Å²) in [6.45, 7) is 1.74. The molecule has 2 N–H and O–H groups in total. The Bertz CT molecular complexity index is 275. The van der Waals surface area contributed by atoms with Crippen LogP contribution in [0.5, 0.6) is 0 Å². The molecule has 0 bridgehead atoms. The number of nitrogens with one attached hydrogen (secondary N) is 2. The molecular formula is C10H12N2. The van der Waals surface area contributed by atoms with Gasteiger partial charge in [0.25, 0.3) is 0 Å². The van der Waals surface area contributed by atoms with Crippen molar-refractivity contribution >= 4 is 11.4 Å². The molecular weight excluding hydrogens is 148 g/mol. The third-order valence-corrected chi connectivity index (χ3v) is 1.36. The molecule has 0 atom stereocenters. The number of anilines is 1. The van der Waals surface area contributed by atoms with Gasteiger partial charge in [-0.25, -0.2) is 0 Å². The van der Waals surface area contributed by atoms with Gasteiger partial charge in [-0.05, 0) is 25.1 Å². The molecule has 1 rings (SSSR count). The smallest absolute Gasteiger partial charge is 0.0379 e. The van der Waals surface area contributed by atoms with E-state index in [1.165, 1.54) is 0 Å². The minimum absolute atomic E-state index is 0.540. The second kappa shape index (κ2) is 4.34. The van der Waals surface area contributed by atoms with Gasteiger partial charge in [0.1, 0.15) is 0 Å².